The van der Waals surface area contributed by atoms with Crippen LogP contribution in [0.2, 0.25) is 0 Å². The summed E-state index contributed by atoms with van der Waals surface area (Å²) in [6.45, 7) is 8.03. The predicted molar refractivity (Wildman–Crippen MR) is 279 cm³/mol. The van der Waals surface area contributed by atoms with Crippen LogP contribution in [-0.2, 0) is 36.8 Å². The molecule has 1 aliphatic carbocycles. The average molecular weight is 1090 g/mol. The first-order chi connectivity index (χ1) is 36.8. The van der Waals surface area contributed by atoms with Gasteiger partial charge < -0.3 is 50.9 Å². The van der Waals surface area contributed by atoms with Crippen molar-refractivity contribution in [3.8, 4) is 11.8 Å². The lowest BCUT2D eigenvalue weighted by molar-refractivity contribution is -0.220. The maximum atomic E-state index is 16.1. The highest BCUT2D eigenvalue weighted by Crippen LogP contribution is 2.41. The molecule has 422 valence electrons. The molecular weight excluding hydrogens is 1020 g/mol. The van der Waals surface area contributed by atoms with E-state index in [1.807, 2.05) is 17.4 Å². The lowest BCUT2D eigenvalue weighted by atomic mass is 9.82. The number of nitrogens with zero attached hydrogens (tertiary/aromatic N) is 4. The summed E-state index contributed by atoms with van der Waals surface area (Å²) in [6, 6.07) is 8.74. The van der Waals surface area contributed by atoms with Gasteiger partial charge in [-0.05, 0) is 106 Å². The summed E-state index contributed by atoms with van der Waals surface area (Å²) < 4.78 is 90.6. The molecule has 3 aromatic rings. The number of methoxy groups -OCH3 is 2. The Kier molecular flexibility index (Phi) is 18.7. The molecule has 6 atom stereocenters. The molecule has 18 nitrogen and oxygen atoms in total. The van der Waals surface area contributed by atoms with Gasteiger partial charge in [-0.2, -0.15) is 13.2 Å². The van der Waals surface area contributed by atoms with Gasteiger partial charge in [0.1, 0.15) is 29.5 Å². The second-order valence-electron chi connectivity index (χ2n) is 21.9. The molecule has 4 amide bonds. The van der Waals surface area contributed by atoms with Crippen molar-refractivity contribution in [1.29, 1.82) is 5.41 Å². The number of hydrogen-bond acceptors (Lipinski definition) is 14. The van der Waals surface area contributed by atoms with E-state index < -0.39 is 95.5 Å². The van der Waals surface area contributed by atoms with Crippen LogP contribution in [0.15, 0.2) is 67.0 Å². The third-order valence-electron chi connectivity index (χ3n) is 14.6. The Morgan fingerprint density at radius 2 is 1.44 bits per heavy atom. The van der Waals surface area contributed by atoms with E-state index in [-0.39, 0.29) is 23.7 Å². The Hall–Kier alpha value is -6.87. The number of allylic oxidation sites excluding steroid dienone is 1. The number of carbonyl (C=O) groups excluding carboxylic acids is 4. The van der Waals surface area contributed by atoms with Crippen LogP contribution >= 0.6 is 0 Å². The maximum absolute atomic E-state index is 16.1. The third-order valence-corrected chi connectivity index (χ3v) is 14.6. The fourth-order valence-corrected chi connectivity index (χ4v) is 9.64. The summed E-state index contributed by atoms with van der Waals surface area (Å²) in [7, 11) is 1.98. The molecule has 7 N–H and O–H groups in total. The molecule has 0 spiro atoms. The van der Waals surface area contributed by atoms with Crippen LogP contribution in [0.5, 0.6) is 0 Å². The van der Waals surface area contributed by atoms with Crippen LogP contribution in [0.3, 0.4) is 0 Å². The molecule has 1 saturated carbocycles. The lowest BCUT2D eigenvalue weighted by Crippen LogP contribution is -2.63. The van der Waals surface area contributed by atoms with Crippen LogP contribution in [0, 0.1) is 39.7 Å². The quantitative estimate of drug-likeness (QED) is 0.0324. The van der Waals surface area contributed by atoms with E-state index in [0.717, 1.165) is 89.2 Å². The zero-order chi connectivity index (χ0) is 56.7. The van der Waals surface area contributed by atoms with E-state index in [1.54, 1.807) is 51.2 Å². The Labute approximate surface area is 450 Å². The number of benzene rings is 2. The summed E-state index contributed by atoms with van der Waals surface area (Å²) in [5.74, 6) is 2.52. The minimum Gasteiger partial charge on any atom is -0.453 e. The van der Waals surface area contributed by atoms with E-state index in [9.17, 15) is 37.5 Å². The highest BCUT2D eigenvalue weighted by atomic mass is 19.4. The van der Waals surface area contributed by atoms with Gasteiger partial charge in [0.15, 0.2) is 0 Å². The molecule has 4 aliphatic rings. The van der Waals surface area contributed by atoms with Crippen LogP contribution in [-0.4, -0.2) is 151 Å². The van der Waals surface area contributed by atoms with Gasteiger partial charge in [-0.1, -0.05) is 44.7 Å². The number of alkyl carbamates (subject to hydrolysis) is 2. The molecule has 7 rings (SSSR count). The average Bonchev–Trinajstić information content (AvgIpc) is 4.21. The maximum Gasteiger partial charge on any atom is 0.407 e. The summed E-state index contributed by atoms with van der Waals surface area (Å²) >= 11 is 0. The Balaban J connectivity index is 1.14. The van der Waals surface area contributed by atoms with Crippen molar-refractivity contribution in [3.63, 3.8) is 0 Å². The minimum absolute atomic E-state index is 0.109. The van der Waals surface area contributed by atoms with E-state index in [2.05, 4.69) is 47.8 Å². The molecule has 2 bridgehead atoms. The smallest absolute Gasteiger partial charge is 0.407 e. The molecule has 23 heteroatoms. The Morgan fingerprint density at radius 1 is 0.846 bits per heavy atom. The number of aliphatic hydroxyl groups is 1. The number of halogens is 5. The molecule has 2 aromatic carbocycles. The first kappa shape index (κ1) is 58.8. The van der Waals surface area contributed by atoms with Gasteiger partial charge >= 0.3 is 18.4 Å². The molecule has 3 saturated heterocycles. The lowest BCUT2D eigenvalue weighted by Gasteiger charge is -2.47. The largest absolute Gasteiger partial charge is 0.453 e. The number of pyridine rings is 1. The monoisotopic (exact) mass is 1090 g/mol. The minimum atomic E-state index is -5.06. The number of aromatic nitrogens is 1. The molecule has 1 aromatic heterocycles. The highest BCUT2D eigenvalue weighted by molar-refractivity contribution is 6.06. The molecule has 4 fully saturated rings. The first-order valence-electron chi connectivity index (χ1n) is 25.8. The number of anilines is 1. The van der Waals surface area contributed by atoms with Crippen LogP contribution in [0.4, 0.5) is 37.4 Å². The second kappa shape index (κ2) is 24.9. The normalized spacial score (nSPS) is 19.4. The fourth-order valence-electron chi connectivity index (χ4n) is 9.64. The van der Waals surface area contributed by atoms with Gasteiger partial charge in [-0.3, -0.25) is 19.9 Å². The standard InChI is InChI=1S/C55H69F5N10O8/c1-53(2,3)47(65-51(74)76-6)50(73)67-69(28-40-41(56)23-35(24-42(40)57)43(61)20-21-62-36-15-16-36)29-45(71)44(64-49(72)48(66-52(75)77-7)54(4,5)55(58,59)60)22-33-11-8-32(9-12-33)10-13-34-14-19-46(63-25-34)68-26-37-17-18-38(27-68)70(37)39-30-78-31-39/h8-9,11-12,14,19-21,23-25,36-39,44-45,47-48,61-62,71H,15-18,22,26-31H2,1-7H3,(H,64,72)(H,65,74)(H,66,75)(H,67,73)/b21-20-,61-43?/t37?,38?,44-,45-,47+,48?/m0/s1. The number of aliphatic hydroxyl groups excluding tert-OH is 1. The summed E-state index contributed by atoms with van der Waals surface area (Å²) in [6.07, 6.45) is -0.768. The zero-order valence-corrected chi connectivity index (χ0v) is 44.7. The van der Waals surface area contributed by atoms with Crippen molar-refractivity contribution in [3.05, 3.63) is 106 Å². The molecule has 78 heavy (non-hydrogen) atoms. The van der Waals surface area contributed by atoms with Crippen molar-refractivity contribution in [1.82, 2.24) is 41.6 Å². The number of alkyl halides is 3. The van der Waals surface area contributed by atoms with Gasteiger partial charge in [0, 0.05) is 72.8 Å². The van der Waals surface area contributed by atoms with E-state index >= 15 is 8.78 Å². The van der Waals surface area contributed by atoms with Crippen molar-refractivity contribution in [2.24, 2.45) is 10.8 Å². The molecular formula is C55H69F5N10O8. The van der Waals surface area contributed by atoms with Crippen LogP contribution in [0.1, 0.15) is 88.1 Å². The number of rotatable bonds is 20. The predicted octanol–water partition coefficient (Wildman–Crippen LogP) is 5.45. The van der Waals surface area contributed by atoms with Crippen molar-refractivity contribution in [2.45, 2.75) is 128 Å². The number of nitrogens with one attached hydrogen (secondary N) is 6. The highest BCUT2D eigenvalue weighted by Gasteiger charge is 2.56. The molecule has 4 heterocycles. The Morgan fingerprint density at radius 3 is 1.96 bits per heavy atom. The SMILES string of the molecule is COC(=O)NC(C(=O)N[C@@H](Cc1ccc(C#Cc2ccc(N3CC4CCC(C3)N4C3COC3)nc2)cc1)[C@@H](O)CN(Cc1c(F)cc(C(=N)/C=C\NC2CC2)cc1F)NC(=O)[C@@H](NC(=O)OC)C(C)(C)C)C(C)(C)C(F)(F)F. The van der Waals surface area contributed by atoms with Gasteiger partial charge in [-0.15, -0.1) is 0 Å². The van der Waals surface area contributed by atoms with Crippen LogP contribution in [0.25, 0.3) is 0 Å². The number of hydrogen-bond donors (Lipinski definition) is 7. The van der Waals surface area contributed by atoms with Gasteiger partial charge in [0.2, 0.25) is 5.91 Å². The summed E-state index contributed by atoms with van der Waals surface area (Å²) in [4.78, 5) is 62.7. The van der Waals surface area contributed by atoms with Crippen molar-refractivity contribution in [2.75, 3.05) is 52.0 Å². The number of fused-ring (bicyclic) bond motifs is 2. The Bertz CT molecular complexity index is 2700. The van der Waals surface area contributed by atoms with E-state index in [4.69, 9.17) is 19.9 Å². The number of carbonyl (C=O) groups is 4. The van der Waals surface area contributed by atoms with Gasteiger partial charge in [-0.25, -0.2) is 28.4 Å². The number of piperazine rings is 1. The summed E-state index contributed by atoms with van der Waals surface area (Å²) in [5.41, 5.74) is -0.684. The second-order valence-corrected chi connectivity index (χ2v) is 21.9. The third kappa shape index (κ3) is 14.8. The first-order valence-corrected chi connectivity index (χ1v) is 25.8. The fraction of sp³-hybridized carbons (Fsp3) is 0.527. The number of amides is 4. The molecule has 3 aliphatic heterocycles. The topological polar surface area (TPSA) is 223 Å². The van der Waals surface area contributed by atoms with Crippen LogP contribution < -0.4 is 31.6 Å². The zero-order valence-electron chi connectivity index (χ0n) is 44.7. The van der Waals surface area contributed by atoms with Gasteiger partial charge in [0.05, 0.1) is 56.7 Å². The summed E-state index contributed by atoms with van der Waals surface area (Å²) in [5, 5.41) is 31.4. The van der Waals surface area contributed by atoms with Gasteiger partial charge in [0.25, 0.3) is 5.91 Å². The molecule has 0 radical (unpaired) electrons. The van der Waals surface area contributed by atoms with E-state index in [1.165, 1.54) is 12.3 Å². The molecule has 3 unspecified atom stereocenters. The van der Waals surface area contributed by atoms with Crippen molar-refractivity contribution >= 4 is 35.5 Å². The van der Waals surface area contributed by atoms with E-state index in [0.29, 0.717) is 48.7 Å². The number of hydrazine groups is 1. The van der Waals surface area contributed by atoms with Crippen molar-refractivity contribution < 1.29 is 60.4 Å². The number of ether oxygens (including phenoxy) is 3.